The van der Waals surface area contributed by atoms with Crippen LogP contribution >= 0.6 is 23.2 Å². The Bertz CT molecular complexity index is 114. The van der Waals surface area contributed by atoms with Crippen molar-refractivity contribution in [1.82, 2.24) is 0 Å². The molecular formula is C8H15Cl2NO. The van der Waals surface area contributed by atoms with Gasteiger partial charge < -0.3 is 5.21 Å². The zero-order chi connectivity index (χ0) is 9.23. The highest BCUT2D eigenvalue weighted by Gasteiger charge is 2.10. The van der Waals surface area contributed by atoms with Crippen molar-refractivity contribution < 1.29 is 5.21 Å². The van der Waals surface area contributed by atoms with Gasteiger partial charge in [-0.2, -0.15) is 0 Å². The van der Waals surface area contributed by atoms with Gasteiger partial charge in [-0.15, -0.1) is 28.4 Å². The molecule has 0 spiro atoms. The van der Waals surface area contributed by atoms with E-state index in [0.29, 0.717) is 5.92 Å². The lowest BCUT2D eigenvalue weighted by atomic mass is 9.90. The standard InChI is InChI=1S/C7H13NO.CH2Cl2/c9-8-6-7-4-2-1-3-5-7;2-1-3/h6-7,9H,1-5H2;1H2. The van der Waals surface area contributed by atoms with Crippen LogP contribution in [0.3, 0.4) is 0 Å². The second-order valence-corrected chi connectivity index (χ2v) is 3.57. The first-order valence-corrected chi connectivity index (χ1v) is 5.21. The van der Waals surface area contributed by atoms with Crippen molar-refractivity contribution >= 4 is 29.4 Å². The minimum atomic E-state index is 0.194. The van der Waals surface area contributed by atoms with Crippen LogP contribution in [0.25, 0.3) is 0 Å². The third kappa shape index (κ3) is 6.74. The summed E-state index contributed by atoms with van der Waals surface area (Å²) in [6.45, 7) is 0. The van der Waals surface area contributed by atoms with Crippen LogP contribution in [0.15, 0.2) is 5.16 Å². The SMILES string of the molecule is ClCCl.ON=CC1CCCCC1. The highest BCUT2D eigenvalue weighted by atomic mass is 35.5. The van der Waals surface area contributed by atoms with E-state index in [9.17, 15) is 0 Å². The molecule has 1 aliphatic rings. The molecule has 0 amide bonds. The molecular weight excluding hydrogens is 197 g/mol. The molecule has 0 bridgehead atoms. The molecule has 0 atom stereocenters. The summed E-state index contributed by atoms with van der Waals surface area (Å²) in [5.41, 5.74) is 0. The lowest BCUT2D eigenvalue weighted by molar-refractivity contribution is 0.314. The molecule has 0 unspecified atom stereocenters. The zero-order valence-electron chi connectivity index (χ0n) is 7.05. The van der Waals surface area contributed by atoms with E-state index >= 15 is 0 Å². The number of hydrogen-bond donors (Lipinski definition) is 1. The Balaban J connectivity index is 0.000000354. The summed E-state index contributed by atoms with van der Waals surface area (Å²) in [6.07, 6.45) is 8.05. The van der Waals surface area contributed by atoms with E-state index in [1.165, 1.54) is 32.1 Å². The average molecular weight is 212 g/mol. The minimum Gasteiger partial charge on any atom is -0.411 e. The van der Waals surface area contributed by atoms with Crippen LogP contribution in [0, 0.1) is 5.92 Å². The molecule has 1 N–H and O–H groups in total. The monoisotopic (exact) mass is 211 g/mol. The molecule has 4 heteroatoms. The normalized spacial score (nSPS) is 18.8. The van der Waals surface area contributed by atoms with Gasteiger partial charge in [-0.05, 0) is 18.8 Å². The third-order valence-electron chi connectivity index (χ3n) is 1.93. The maximum atomic E-state index is 8.19. The molecule has 1 aliphatic carbocycles. The lowest BCUT2D eigenvalue weighted by Gasteiger charge is -2.15. The molecule has 0 aliphatic heterocycles. The zero-order valence-corrected chi connectivity index (χ0v) is 8.56. The van der Waals surface area contributed by atoms with Crippen LogP contribution < -0.4 is 0 Å². The summed E-state index contributed by atoms with van der Waals surface area (Å²) in [4.78, 5) is 0. The Morgan fingerprint density at radius 1 is 1.25 bits per heavy atom. The van der Waals surface area contributed by atoms with Crippen LogP contribution in [0.2, 0.25) is 0 Å². The van der Waals surface area contributed by atoms with Crippen molar-refractivity contribution in [3.8, 4) is 0 Å². The molecule has 0 aromatic rings. The van der Waals surface area contributed by atoms with Crippen LogP contribution in [-0.2, 0) is 0 Å². The fraction of sp³-hybridized carbons (Fsp3) is 0.875. The van der Waals surface area contributed by atoms with Gasteiger partial charge in [-0.3, -0.25) is 0 Å². The second-order valence-electron chi connectivity index (χ2n) is 2.76. The number of nitrogens with zero attached hydrogens (tertiary/aromatic N) is 1. The first kappa shape index (κ1) is 12.0. The smallest absolute Gasteiger partial charge is 0.0967 e. The van der Waals surface area contributed by atoms with Crippen LogP contribution in [0.1, 0.15) is 32.1 Å². The van der Waals surface area contributed by atoms with Gasteiger partial charge >= 0.3 is 0 Å². The number of hydrogen-bond acceptors (Lipinski definition) is 2. The van der Waals surface area contributed by atoms with Crippen LogP contribution in [0.4, 0.5) is 0 Å². The first-order valence-electron chi connectivity index (χ1n) is 4.14. The number of alkyl halides is 2. The van der Waals surface area contributed by atoms with E-state index in [0.717, 1.165) is 0 Å². The number of halogens is 2. The molecule has 0 aromatic heterocycles. The Morgan fingerprint density at radius 2 is 1.75 bits per heavy atom. The fourth-order valence-electron chi connectivity index (χ4n) is 1.38. The van der Waals surface area contributed by atoms with Gasteiger partial charge in [0.25, 0.3) is 0 Å². The predicted molar refractivity (Wildman–Crippen MR) is 53.4 cm³/mol. The minimum absolute atomic E-state index is 0.194. The van der Waals surface area contributed by atoms with Crippen LogP contribution in [0.5, 0.6) is 0 Å². The fourth-order valence-corrected chi connectivity index (χ4v) is 1.38. The Kier molecular flexibility index (Phi) is 9.18. The molecule has 72 valence electrons. The number of rotatable bonds is 1. The third-order valence-corrected chi connectivity index (χ3v) is 1.93. The lowest BCUT2D eigenvalue weighted by Crippen LogP contribution is -2.06. The Morgan fingerprint density at radius 3 is 2.17 bits per heavy atom. The van der Waals surface area contributed by atoms with E-state index in [-0.39, 0.29) is 5.34 Å². The van der Waals surface area contributed by atoms with Crippen molar-refractivity contribution in [2.24, 2.45) is 11.1 Å². The van der Waals surface area contributed by atoms with Gasteiger partial charge in [0, 0.05) is 6.21 Å². The van der Waals surface area contributed by atoms with E-state index in [1.54, 1.807) is 6.21 Å². The number of oxime groups is 1. The van der Waals surface area contributed by atoms with Gasteiger partial charge in [0.15, 0.2) is 0 Å². The summed E-state index contributed by atoms with van der Waals surface area (Å²) in [5.74, 6) is 0.559. The quantitative estimate of drug-likeness (QED) is 0.307. The highest BCUT2D eigenvalue weighted by Crippen LogP contribution is 2.21. The summed E-state index contributed by atoms with van der Waals surface area (Å²) in [7, 11) is 0. The van der Waals surface area contributed by atoms with Gasteiger partial charge in [0.05, 0.1) is 5.34 Å². The maximum Gasteiger partial charge on any atom is 0.0967 e. The summed E-state index contributed by atoms with van der Waals surface area (Å²) in [5, 5.41) is 11.4. The maximum absolute atomic E-state index is 8.19. The van der Waals surface area contributed by atoms with Crippen molar-refractivity contribution in [3.63, 3.8) is 0 Å². The molecule has 1 saturated carbocycles. The van der Waals surface area contributed by atoms with Crippen molar-refractivity contribution in [1.29, 1.82) is 0 Å². The topological polar surface area (TPSA) is 32.6 Å². The predicted octanol–water partition coefficient (Wildman–Crippen LogP) is 3.45. The van der Waals surface area contributed by atoms with Gasteiger partial charge in [-0.1, -0.05) is 19.3 Å². The largest absolute Gasteiger partial charge is 0.411 e. The van der Waals surface area contributed by atoms with E-state index in [1.807, 2.05) is 0 Å². The van der Waals surface area contributed by atoms with Gasteiger partial charge in [0.1, 0.15) is 0 Å². The molecule has 2 nitrogen and oxygen atoms in total. The van der Waals surface area contributed by atoms with E-state index < -0.39 is 0 Å². The summed E-state index contributed by atoms with van der Waals surface area (Å²) in [6, 6.07) is 0. The van der Waals surface area contributed by atoms with Crippen molar-refractivity contribution in [2.75, 3.05) is 5.34 Å². The summed E-state index contributed by atoms with van der Waals surface area (Å²) < 4.78 is 0. The molecule has 0 aromatic carbocycles. The Labute approximate surface area is 83.5 Å². The summed E-state index contributed by atoms with van der Waals surface area (Å²) >= 11 is 9.53. The van der Waals surface area contributed by atoms with Crippen molar-refractivity contribution in [3.05, 3.63) is 0 Å². The Hall–Kier alpha value is 0.0500. The van der Waals surface area contributed by atoms with E-state index in [2.05, 4.69) is 5.16 Å². The van der Waals surface area contributed by atoms with E-state index in [4.69, 9.17) is 28.4 Å². The first-order chi connectivity index (χ1) is 5.85. The second kappa shape index (κ2) is 9.14. The van der Waals surface area contributed by atoms with Gasteiger partial charge in [0.2, 0.25) is 0 Å². The molecule has 0 heterocycles. The molecule has 0 saturated heterocycles. The highest BCUT2D eigenvalue weighted by molar-refractivity contribution is 6.40. The van der Waals surface area contributed by atoms with Crippen LogP contribution in [-0.4, -0.2) is 16.8 Å². The molecule has 1 fully saturated rings. The van der Waals surface area contributed by atoms with Crippen molar-refractivity contribution in [2.45, 2.75) is 32.1 Å². The molecule has 0 radical (unpaired) electrons. The average Bonchev–Trinajstić information content (AvgIpc) is 2.08. The molecule has 1 rings (SSSR count). The van der Waals surface area contributed by atoms with Gasteiger partial charge in [-0.25, -0.2) is 0 Å². The molecule has 12 heavy (non-hydrogen) atoms.